The molecule has 3 aromatic rings. The number of anilines is 2. The van der Waals surface area contributed by atoms with Crippen molar-refractivity contribution in [2.45, 2.75) is 26.7 Å². The number of nitrogens with zero attached hydrogens (tertiary/aromatic N) is 1. The first kappa shape index (κ1) is 21.1. The minimum atomic E-state index is -0.907. The van der Waals surface area contributed by atoms with E-state index in [1.165, 1.54) is 0 Å². The van der Waals surface area contributed by atoms with E-state index < -0.39 is 11.2 Å². The number of pyridine rings is 1. The second kappa shape index (κ2) is 9.76. The molecule has 1 heterocycles. The van der Waals surface area contributed by atoms with Crippen LogP contribution in [0.3, 0.4) is 0 Å². The van der Waals surface area contributed by atoms with E-state index in [4.69, 9.17) is 4.74 Å². The first-order valence-electron chi connectivity index (χ1n) is 9.71. The van der Waals surface area contributed by atoms with E-state index in [0.717, 1.165) is 34.3 Å². The second-order valence-electron chi connectivity index (χ2n) is 6.96. The average Bonchev–Trinajstić information content (AvgIpc) is 2.69. The Morgan fingerprint density at radius 1 is 1.24 bits per heavy atom. The van der Waals surface area contributed by atoms with Gasteiger partial charge in [-0.15, -0.1) is 0 Å². The van der Waals surface area contributed by atoms with Crippen molar-refractivity contribution in [3.05, 3.63) is 59.8 Å². The van der Waals surface area contributed by atoms with Crippen molar-refractivity contribution in [1.82, 2.24) is 4.98 Å². The van der Waals surface area contributed by atoms with Gasteiger partial charge in [0.1, 0.15) is 18.1 Å². The number of para-hydroxylation sites is 1. The van der Waals surface area contributed by atoms with Crippen molar-refractivity contribution < 1.29 is 14.1 Å². The molecule has 0 bridgehead atoms. The highest BCUT2D eigenvalue weighted by molar-refractivity contribution is 7.90. The fourth-order valence-corrected chi connectivity index (χ4v) is 3.41. The van der Waals surface area contributed by atoms with Gasteiger partial charge in [0.15, 0.2) is 5.78 Å². The number of benzene rings is 2. The van der Waals surface area contributed by atoms with Crippen LogP contribution >= 0.6 is 0 Å². The van der Waals surface area contributed by atoms with Crippen LogP contribution in [0.4, 0.5) is 11.4 Å². The summed E-state index contributed by atoms with van der Waals surface area (Å²) in [4.78, 5) is 17.3. The number of Topliss-reactive ketones (excluding diaryl/α,β-unsaturated/α-hetero) is 1. The summed E-state index contributed by atoms with van der Waals surface area (Å²) in [6.07, 6.45) is 4.55. The number of rotatable bonds is 9. The number of hydrogen-bond acceptors (Lipinski definition) is 5. The Bertz CT molecular complexity index is 1000. The molecule has 2 aromatic carbocycles. The summed E-state index contributed by atoms with van der Waals surface area (Å²) in [5, 5.41) is 4.28. The van der Waals surface area contributed by atoms with Gasteiger partial charge in [-0.2, -0.15) is 0 Å². The third-order valence-electron chi connectivity index (χ3n) is 4.66. The summed E-state index contributed by atoms with van der Waals surface area (Å²) in [5.74, 6) is 1.20. The maximum Gasteiger partial charge on any atom is 0.166 e. The summed E-state index contributed by atoms with van der Waals surface area (Å²) in [6, 6.07) is 13.6. The number of ketones is 1. The lowest BCUT2D eigenvalue weighted by Gasteiger charge is -2.16. The third kappa shape index (κ3) is 5.28. The molecule has 1 atom stereocenters. The molecule has 0 saturated carbocycles. The first-order valence-corrected chi connectivity index (χ1v) is 11.4. The van der Waals surface area contributed by atoms with Gasteiger partial charge in [0, 0.05) is 23.7 Å². The molecule has 0 spiro atoms. The van der Waals surface area contributed by atoms with Gasteiger partial charge in [0.05, 0.1) is 23.0 Å². The minimum absolute atomic E-state index is 0.0608. The van der Waals surface area contributed by atoms with Gasteiger partial charge in [-0.05, 0) is 43.2 Å². The van der Waals surface area contributed by atoms with Crippen LogP contribution in [0.5, 0.6) is 5.75 Å². The van der Waals surface area contributed by atoms with Gasteiger partial charge in [0.2, 0.25) is 0 Å². The molecule has 1 N–H and O–H groups in total. The van der Waals surface area contributed by atoms with Gasteiger partial charge in [-0.1, -0.05) is 36.3 Å². The van der Waals surface area contributed by atoms with Crippen LogP contribution in [0.2, 0.25) is 0 Å². The molecule has 1 unspecified atom stereocenters. The van der Waals surface area contributed by atoms with E-state index in [2.05, 4.69) is 10.3 Å². The largest absolute Gasteiger partial charge is 0.616 e. The van der Waals surface area contributed by atoms with Crippen molar-refractivity contribution in [3.63, 3.8) is 0 Å². The van der Waals surface area contributed by atoms with Gasteiger partial charge in [-0.3, -0.25) is 9.78 Å². The second-order valence-corrected chi connectivity index (χ2v) is 8.52. The van der Waals surface area contributed by atoms with Crippen molar-refractivity contribution in [2.75, 3.05) is 23.9 Å². The standard InChI is InChI=1S/C23H26N2O3S/c1-4-7-22(26)19-15-24-21-11-10-17(28-12-13-29(3)27)14-18(21)23(19)25-20-9-6-5-8-16(20)2/h5-6,8-11,14-15H,4,7,12-13H2,1-3H3,(H,24,25). The maximum atomic E-state index is 12.8. The number of nitrogens with one attached hydrogen (secondary N) is 1. The van der Waals surface area contributed by atoms with Crippen LogP contribution in [0.15, 0.2) is 48.7 Å². The molecule has 0 radical (unpaired) electrons. The van der Waals surface area contributed by atoms with E-state index >= 15 is 0 Å². The van der Waals surface area contributed by atoms with Gasteiger partial charge >= 0.3 is 0 Å². The lowest BCUT2D eigenvalue weighted by atomic mass is 10.0. The SMILES string of the molecule is CCCC(=O)c1cnc2ccc(OCC[S+](C)[O-])cc2c1Nc1ccccc1C. The van der Waals surface area contributed by atoms with E-state index in [0.29, 0.717) is 30.1 Å². The highest BCUT2D eigenvalue weighted by Crippen LogP contribution is 2.33. The topological polar surface area (TPSA) is 74.3 Å². The summed E-state index contributed by atoms with van der Waals surface area (Å²) >= 11 is -0.907. The molecule has 6 heteroatoms. The molecule has 0 aliphatic rings. The average molecular weight is 411 g/mol. The van der Waals surface area contributed by atoms with Gasteiger partial charge in [0.25, 0.3) is 0 Å². The number of aryl methyl sites for hydroxylation is 1. The smallest absolute Gasteiger partial charge is 0.166 e. The normalized spacial score (nSPS) is 12.0. The van der Waals surface area contributed by atoms with E-state index in [9.17, 15) is 9.35 Å². The molecule has 0 aliphatic heterocycles. The Morgan fingerprint density at radius 2 is 2.03 bits per heavy atom. The molecular weight excluding hydrogens is 384 g/mol. The van der Waals surface area contributed by atoms with Crippen LogP contribution in [-0.4, -0.2) is 33.9 Å². The molecule has 0 fully saturated rings. The molecular formula is C23H26N2O3S. The molecule has 5 nitrogen and oxygen atoms in total. The number of carbonyl (C=O) groups is 1. The summed E-state index contributed by atoms with van der Waals surface area (Å²) in [7, 11) is 0. The van der Waals surface area contributed by atoms with Crippen LogP contribution in [0, 0.1) is 6.92 Å². The fourth-order valence-electron chi connectivity index (χ4n) is 3.09. The Morgan fingerprint density at radius 3 is 2.76 bits per heavy atom. The van der Waals surface area contributed by atoms with Crippen molar-refractivity contribution in [1.29, 1.82) is 0 Å². The van der Waals surface area contributed by atoms with Crippen LogP contribution in [-0.2, 0) is 11.2 Å². The van der Waals surface area contributed by atoms with Gasteiger partial charge < -0.3 is 14.6 Å². The van der Waals surface area contributed by atoms with Crippen molar-refractivity contribution in [3.8, 4) is 5.75 Å². The summed E-state index contributed by atoms with van der Waals surface area (Å²) < 4.78 is 17.1. The maximum absolute atomic E-state index is 12.8. The highest BCUT2D eigenvalue weighted by atomic mass is 32.2. The first-order chi connectivity index (χ1) is 14.0. The van der Waals surface area contributed by atoms with Crippen molar-refractivity contribution >= 4 is 39.2 Å². The summed E-state index contributed by atoms with van der Waals surface area (Å²) in [5.41, 5.74) is 4.13. The third-order valence-corrected chi connectivity index (χ3v) is 5.40. The Kier molecular flexibility index (Phi) is 7.12. The minimum Gasteiger partial charge on any atom is -0.616 e. The molecule has 0 saturated heterocycles. The number of fused-ring (bicyclic) bond motifs is 1. The molecule has 29 heavy (non-hydrogen) atoms. The fraction of sp³-hybridized carbons (Fsp3) is 0.304. The zero-order chi connectivity index (χ0) is 20.8. The molecule has 0 aliphatic carbocycles. The summed E-state index contributed by atoms with van der Waals surface area (Å²) in [6.45, 7) is 4.39. The molecule has 0 amide bonds. The Hall–Kier alpha value is -2.57. The van der Waals surface area contributed by atoms with E-state index in [-0.39, 0.29) is 5.78 Å². The lowest BCUT2D eigenvalue weighted by molar-refractivity contribution is 0.0982. The number of hydrogen-bond donors (Lipinski definition) is 1. The predicted molar refractivity (Wildman–Crippen MR) is 120 cm³/mol. The highest BCUT2D eigenvalue weighted by Gasteiger charge is 2.16. The number of ether oxygens (including phenoxy) is 1. The quantitative estimate of drug-likeness (QED) is 0.396. The number of aromatic nitrogens is 1. The van der Waals surface area contributed by atoms with Crippen molar-refractivity contribution in [2.24, 2.45) is 0 Å². The lowest BCUT2D eigenvalue weighted by Crippen LogP contribution is -2.12. The molecule has 3 rings (SSSR count). The predicted octanol–water partition coefficient (Wildman–Crippen LogP) is 5.03. The zero-order valence-electron chi connectivity index (χ0n) is 17.0. The van der Waals surface area contributed by atoms with Crippen LogP contribution in [0.25, 0.3) is 10.9 Å². The van der Waals surface area contributed by atoms with E-state index in [1.807, 2.05) is 56.3 Å². The molecule has 1 aromatic heterocycles. The van der Waals surface area contributed by atoms with Crippen LogP contribution < -0.4 is 10.1 Å². The number of carbonyl (C=O) groups excluding carboxylic acids is 1. The van der Waals surface area contributed by atoms with E-state index in [1.54, 1.807) is 12.5 Å². The Balaban J connectivity index is 2.06. The van der Waals surface area contributed by atoms with Crippen LogP contribution in [0.1, 0.15) is 35.7 Å². The van der Waals surface area contributed by atoms with Gasteiger partial charge in [-0.25, -0.2) is 0 Å². The molecule has 152 valence electrons. The monoisotopic (exact) mass is 410 g/mol. The zero-order valence-corrected chi connectivity index (χ0v) is 17.8. The Labute approximate surface area is 174 Å².